The summed E-state index contributed by atoms with van der Waals surface area (Å²) in [6, 6.07) is 17.2. The summed E-state index contributed by atoms with van der Waals surface area (Å²) in [6.07, 6.45) is 0. The number of fused-ring (bicyclic) bond motifs is 1. The van der Waals surface area contributed by atoms with Crippen LogP contribution in [0.2, 0.25) is 0 Å². The third-order valence-corrected chi connectivity index (χ3v) is 7.89. The number of hydrogen-bond acceptors (Lipinski definition) is 5. The van der Waals surface area contributed by atoms with Crippen LogP contribution in [0.15, 0.2) is 59.6 Å². The first kappa shape index (κ1) is 19.0. The second kappa shape index (κ2) is 7.60. The summed E-state index contributed by atoms with van der Waals surface area (Å²) in [6.45, 7) is 1.87. The molecular weight excluding hydrogens is 396 g/mol. The van der Waals surface area contributed by atoms with Gasteiger partial charge < -0.3 is 9.64 Å². The predicted molar refractivity (Wildman–Crippen MR) is 112 cm³/mol. The molecule has 2 aromatic rings. The first-order valence-electron chi connectivity index (χ1n) is 8.94. The van der Waals surface area contributed by atoms with Crippen molar-refractivity contribution in [2.75, 3.05) is 16.4 Å². The molecule has 1 amide bonds. The Bertz CT molecular complexity index is 1000. The zero-order valence-corrected chi connectivity index (χ0v) is 16.9. The molecule has 0 N–H and O–H groups in total. The highest BCUT2D eigenvalue weighted by molar-refractivity contribution is 8.16. The van der Waals surface area contributed by atoms with E-state index in [9.17, 15) is 13.2 Å². The van der Waals surface area contributed by atoms with Crippen molar-refractivity contribution >= 4 is 38.4 Å². The van der Waals surface area contributed by atoms with Crippen molar-refractivity contribution in [3.05, 3.63) is 60.2 Å². The summed E-state index contributed by atoms with van der Waals surface area (Å²) < 4.78 is 29.9. The standard InChI is InChI=1S/C20H20N2O4S2/c1-14(23)21-20-22(18-12-28(24,25)13-19(18)27-20)16-7-9-17(10-8-16)26-11-15-5-3-2-4-6-15/h2-10,18-19H,11-13H2,1H3/t18-,19+/m1/s1. The fraction of sp³-hybridized carbons (Fsp3) is 0.300. The van der Waals surface area contributed by atoms with Crippen molar-refractivity contribution in [2.45, 2.75) is 24.8 Å². The maximum atomic E-state index is 12.1. The van der Waals surface area contributed by atoms with Gasteiger partial charge in [0, 0.05) is 17.9 Å². The molecule has 0 bridgehead atoms. The molecule has 0 saturated carbocycles. The lowest BCUT2D eigenvalue weighted by atomic mass is 10.2. The highest BCUT2D eigenvalue weighted by Crippen LogP contribution is 2.41. The normalized spacial score (nSPS) is 24.3. The Morgan fingerprint density at radius 3 is 2.54 bits per heavy atom. The SMILES string of the molecule is CC(=O)N=C1S[C@H]2CS(=O)(=O)C[C@H]2N1c1ccc(OCc2ccccc2)cc1. The van der Waals surface area contributed by atoms with Gasteiger partial charge in [-0.2, -0.15) is 4.99 Å². The van der Waals surface area contributed by atoms with E-state index in [-0.39, 0.29) is 28.7 Å². The van der Waals surface area contributed by atoms with Crippen molar-refractivity contribution in [1.29, 1.82) is 0 Å². The summed E-state index contributed by atoms with van der Waals surface area (Å²) >= 11 is 1.37. The van der Waals surface area contributed by atoms with Gasteiger partial charge in [-0.05, 0) is 29.8 Å². The Balaban J connectivity index is 1.54. The van der Waals surface area contributed by atoms with Gasteiger partial charge in [-0.25, -0.2) is 8.42 Å². The third kappa shape index (κ3) is 4.07. The minimum atomic E-state index is -3.07. The highest BCUT2D eigenvalue weighted by atomic mass is 32.2. The van der Waals surface area contributed by atoms with Crippen LogP contribution >= 0.6 is 11.8 Å². The minimum Gasteiger partial charge on any atom is -0.489 e. The molecule has 28 heavy (non-hydrogen) atoms. The lowest BCUT2D eigenvalue weighted by molar-refractivity contribution is -0.115. The van der Waals surface area contributed by atoms with E-state index >= 15 is 0 Å². The first-order valence-corrected chi connectivity index (χ1v) is 11.6. The Labute approximate surface area is 168 Å². The van der Waals surface area contributed by atoms with Crippen molar-refractivity contribution in [3.63, 3.8) is 0 Å². The minimum absolute atomic E-state index is 0.0772. The first-order chi connectivity index (χ1) is 13.4. The van der Waals surface area contributed by atoms with E-state index in [0.717, 1.165) is 17.0 Å². The summed E-state index contributed by atoms with van der Waals surface area (Å²) in [5.41, 5.74) is 1.89. The Kier molecular flexibility index (Phi) is 5.16. The smallest absolute Gasteiger partial charge is 0.244 e. The van der Waals surface area contributed by atoms with Crippen molar-refractivity contribution < 1.29 is 17.9 Å². The molecule has 0 spiro atoms. The van der Waals surface area contributed by atoms with E-state index in [2.05, 4.69) is 4.99 Å². The van der Waals surface area contributed by atoms with Crippen LogP contribution in [0.4, 0.5) is 5.69 Å². The molecule has 2 aliphatic heterocycles. The number of amidine groups is 1. The van der Waals surface area contributed by atoms with Gasteiger partial charge in [0.25, 0.3) is 0 Å². The number of rotatable bonds is 4. The number of thioether (sulfide) groups is 1. The number of carbonyl (C=O) groups is 1. The number of amides is 1. The molecule has 6 nitrogen and oxygen atoms in total. The van der Waals surface area contributed by atoms with E-state index < -0.39 is 9.84 Å². The van der Waals surface area contributed by atoms with Gasteiger partial charge in [-0.3, -0.25) is 4.79 Å². The number of carbonyl (C=O) groups excluding carboxylic acids is 1. The molecule has 0 radical (unpaired) electrons. The number of nitrogens with zero attached hydrogens (tertiary/aromatic N) is 2. The van der Waals surface area contributed by atoms with Gasteiger partial charge >= 0.3 is 0 Å². The van der Waals surface area contributed by atoms with Crippen LogP contribution in [0.3, 0.4) is 0 Å². The maximum absolute atomic E-state index is 12.1. The van der Waals surface area contributed by atoms with Gasteiger partial charge in [0.05, 0.1) is 17.5 Å². The number of anilines is 1. The van der Waals surface area contributed by atoms with Gasteiger partial charge in [0.2, 0.25) is 5.91 Å². The van der Waals surface area contributed by atoms with Crippen molar-refractivity contribution in [2.24, 2.45) is 4.99 Å². The van der Waals surface area contributed by atoms with Crippen LogP contribution in [0.25, 0.3) is 0 Å². The molecule has 8 heteroatoms. The fourth-order valence-electron chi connectivity index (χ4n) is 3.44. The number of benzene rings is 2. The molecule has 2 saturated heterocycles. The quantitative estimate of drug-likeness (QED) is 0.763. The van der Waals surface area contributed by atoms with Gasteiger partial charge in [0.1, 0.15) is 12.4 Å². The van der Waals surface area contributed by atoms with Crippen molar-refractivity contribution in [1.82, 2.24) is 0 Å². The lowest BCUT2D eigenvalue weighted by Gasteiger charge is -2.24. The summed E-state index contributed by atoms with van der Waals surface area (Å²) in [4.78, 5) is 17.5. The zero-order valence-electron chi connectivity index (χ0n) is 15.3. The molecule has 0 unspecified atom stereocenters. The Hall–Kier alpha value is -2.32. The van der Waals surface area contributed by atoms with E-state index in [1.807, 2.05) is 59.5 Å². The molecule has 146 valence electrons. The molecule has 2 atom stereocenters. The van der Waals surface area contributed by atoms with Crippen molar-refractivity contribution in [3.8, 4) is 5.75 Å². The molecule has 0 aromatic heterocycles. The number of aliphatic imine (C=N–C) groups is 1. The Morgan fingerprint density at radius 1 is 1.14 bits per heavy atom. The molecule has 2 aliphatic rings. The zero-order chi connectivity index (χ0) is 19.7. The average Bonchev–Trinajstić information content (AvgIpc) is 3.11. The molecule has 2 aromatic carbocycles. The predicted octanol–water partition coefficient (Wildman–Crippen LogP) is 2.89. The van der Waals surface area contributed by atoms with Crippen LogP contribution in [-0.2, 0) is 21.2 Å². The van der Waals surface area contributed by atoms with Crippen LogP contribution in [-0.4, -0.2) is 42.3 Å². The second-order valence-corrected chi connectivity index (χ2v) is 10.2. The van der Waals surface area contributed by atoms with Gasteiger partial charge in [-0.15, -0.1) is 0 Å². The van der Waals surface area contributed by atoms with Gasteiger partial charge in [-0.1, -0.05) is 42.1 Å². The fourth-order valence-corrected chi connectivity index (χ4v) is 7.40. The third-order valence-electron chi connectivity index (χ3n) is 4.68. The van der Waals surface area contributed by atoms with Crippen LogP contribution in [0.5, 0.6) is 5.75 Å². The van der Waals surface area contributed by atoms with E-state index in [0.29, 0.717) is 11.8 Å². The number of ether oxygens (including phenoxy) is 1. The summed E-state index contributed by atoms with van der Waals surface area (Å²) in [7, 11) is -3.07. The van der Waals surface area contributed by atoms with E-state index in [1.165, 1.54) is 18.7 Å². The van der Waals surface area contributed by atoms with E-state index in [4.69, 9.17) is 4.74 Å². The largest absolute Gasteiger partial charge is 0.489 e. The highest BCUT2D eigenvalue weighted by Gasteiger charge is 2.49. The molecule has 2 fully saturated rings. The topological polar surface area (TPSA) is 76.0 Å². The summed E-state index contributed by atoms with van der Waals surface area (Å²) in [5, 5.41) is 0.465. The van der Waals surface area contributed by atoms with Gasteiger partial charge in [0.15, 0.2) is 15.0 Å². The average molecular weight is 417 g/mol. The molecule has 4 rings (SSSR count). The second-order valence-electron chi connectivity index (χ2n) is 6.85. The lowest BCUT2D eigenvalue weighted by Crippen LogP contribution is -2.37. The number of hydrogen-bond donors (Lipinski definition) is 0. The van der Waals surface area contributed by atoms with Crippen LogP contribution in [0.1, 0.15) is 12.5 Å². The molecule has 2 heterocycles. The molecular formula is C20H20N2O4S2. The summed E-state index contributed by atoms with van der Waals surface area (Å²) in [5.74, 6) is 0.625. The van der Waals surface area contributed by atoms with E-state index in [1.54, 1.807) is 0 Å². The monoisotopic (exact) mass is 416 g/mol. The van der Waals surface area contributed by atoms with Crippen LogP contribution < -0.4 is 9.64 Å². The Morgan fingerprint density at radius 2 is 1.86 bits per heavy atom. The molecule has 0 aliphatic carbocycles. The maximum Gasteiger partial charge on any atom is 0.244 e. The number of sulfone groups is 1. The van der Waals surface area contributed by atoms with Crippen LogP contribution in [0, 0.1) is 0 Å².